The van der Waals surface area contributed by atoms with Gasteiger partial charge >= 0.3 is 0 Å². The van der Waals surface area contributed by atoms with Gasteiger partial charge in [0.05, 0.1) is 11.8 Å². The Bertz CT molecular complexity index is 415. The number of nitrogens with zero attached hydrogens (tertiary/aromatic N) is 1. The fraction of sp³-hybridized carbons (Fsp3) is 0.308. The Hall–Kier alpha value is -1.75. The van der Waals surface area contributed by atoms with Crippen LogP contribution in [0.15, 0.2) is 30.0 Å². The molecule has 0 fully saturated rings. The molecule has 0 atom stereocenters. The fourth-order valence-corrected chi connectivity index (χ4v) is 1.68. The molecule has 0 bridgehead atoms. The second-order valence-corrected chi connectivity index (χ2v) is 3.61. The van der Waals surface area contributed by atoms with Crippen molar-refractivity contribution in [3.63, 3.8) is 0 Å². The van der Waals surface area contributed by atoms with E-state index < -0.39 is 0 Å². The minimum atomic E-state index is 0.600. The highest BCUT2D eigenvalue weighted by atomic mass is 16.5. The van der Waals surface area contributed by atoms with Crippen LogP contribution in [0.25, 0.3) is 6.08 Å². The molecule has 15 heavy (non-hydrogen) atoms. The number of hydrogen-bond donors (Lipinski definition) is 0. The van der Waals surface area contributed by atoms with E-state index in [-0.39, 0.29) is 0 Å². The molecule has 0 saturated carbocycles. The Morgan fingerprint density at radius 2 is 2.20 bits per heavy atom. The van der Waals surface area contributed by atoms with Gasteiger partial charge in [0.2, 0.25) is 0 Å². The van der Waals surface area contributed by atoms with E-state index in [0.29, 0.717) is 13.0 Å². The first kappa shape index (κ1) is 9.79. The van der Waals surface area contributed by atoms with Gasteiger partial charge in [-0.1, -0.05) is 24.3 Å². The van der Waals surface area contributed by atoms with Crippen molar-refractivity contribution in [2.24, 2.45) is 0 Å². The lowest BCUT2D eigenvalue weighted by Crippen LogP contribution is -2.02. The van der Waals surface area contributed by atoms with Crippen LogP contribution in [0.1, 0.15) is 30.4 Å². The zero-order valence-electron chi connectivity index (χ0n) is 8.57. The molecule has 1 aliphatic rings. The molecule has 2 nitrogen and oxygen atoms in total. The van der Waals surface area contributed by atoms with Crippen LogP contribution >= 0.6 is 0 Å². The Balaban J connectivity index is 2.06. The molecule has 1 heterocycles. The Morgan fingerprint density at radius 1 is 1.33 bits per heavy atom. The summed E-state index contributed by atoms with van der Waals surface area (Å²) in [4.78, 5) is 0. The van der Waals surface area contributed by atoms with Crippen LogP contribution in [0.3, 0.4) is 0 Å². The van der Waals surface area contributed by atoms with Gasteiger partial charge in [0.1, 0.15) is 6.61 Å². The van der Waals surface area contributed by atoms with Gasteiger partial charge in [-0.15, -0.1) is 0 Å². The molecular weight excluding hydrogens is 186 g/mol. The minimum absolute atomic E-state index is 0.600. The Kier molecular flexibility index (Phi) is 3.04. The zero-order valence-corrected chi connectivity index (χ0v) is 8.57. The van der Waals surface area contributed by atoms with Gasteiger partial charge in [-0.2, -0.15) is 5.26 Å². The van der Waals surface area contributed by atoms with Crippen molar-refractivity contribution in [2.45, 2.75) is 25.9 Å². The fourth-order valence-electron chi connectivity index (χ4n) is 1.68. The molecule has 1 aromatic carbocycles. The van der Waals surface area contributed by atoms with Crippen molar-refractivity contribution in [1.82, 2.24) is 0 Å². The van der Waals surface area contributed by atoms with Crippen LogP contribution < -0.4 is 0 Å². The van der Waals surface area contributed by atoms with Gasteiger partial charge in [0, 0.05) is 12.8 Å². The molecule has 0 radical (unpaired) electrons. The number of hydrogen-bond acceptors (Lipinski definition) is 2. The summed E-state index contributed by atoms with van der Waals surface area (Å²) in [7, 11) is 0. The zero-order chi connectivity index (χ0) is 10.5. The smallest absolute Gasteiger partial charge is 0.113 e. The summed E-state index contributed by atoms with van der Waals surface area (Å²) in [5.41, 5.74) is 2.48. The third-order valence-electron chi connectivity index (χ3n) is 2.50. The van der Waals surface area contributed by atoms with Gasteiger partial charge in [-0.25, -0.2) is 0 Å². The summed E-state index contributed by atoms with van der Waals surface area (Å²) in [6.45, 7) is 0.661. The highest BCUT2D eigenvalue weighted by Gasteiger charge is 2.09. The summed E-state index contributed by atoms with van der Waals surface area (Å²) >= 11 is 0. The van der Waals surface area contributed by atoms with Crippen LogP contribution in [0.2, 0.25) is 0 Å². The lowest BCUT2D eigenvalue weighted by atomic mass is 10.0. The van der Waals surface area contributed by atoms with Crippen LogP contribution in [-0.2, 0) is 11.3 Å². The molecule has 1 aromatic rings. The van der Waals surface area contributed by atoms with Crippen molar-refractivity contribution in [3.8, 4) is 6.07 Å². The lowest BCUT2D eigenvalue weighted by Gasteiger charge is -2.17. The highest BCUT2D eigenvalue weighted by molar-refractivity contribution is 5.56. The standard InChI is InChI=1S/C13H13NO/c14-8-4-3-7-13-9-11-5-1-2-6-12(11)10-15-13/h1-2,5-6,9H,3-4,7,10H2. The SMILES string of the molecule is N#CCCCC1=Cc2ccccc2CO1. The van der Waals surface area contributed by atoms with E-state index in [1.54, 1.807) is 0 Å². The maximum Gasteiger partial charge on any atom is 0.113 e. The number of unbranched alkanes of at least 4 members (excludes halogenated alkanes) is 1. The summed E-state index contributed by atoms with van der Waals surface area (Å²) in [5.74, 6) is 1.00. The van der Waals surface area contributed by atoms with E-state index in [9.17, 15) is 0 Å². The van der Waals surface area contributed by atoms with E-state index >= 15 is 0 Å². The number of rotatable bonds is 3. The summed E-state index contributed by atoms with van der Waals surface area (Å²) in [6, 6.07) is 10.4. The monoisotopic (exact) mass is 199 g/mol. The molecule has 76 valence electrons. The first-order valence-electron chi connectivity index (χ1n) is 5.18. The number of allylic oxidation sites excluding steroid dienone is 1. The molecule has 2 rings (SSSR count). The molecule has 0 aliphatic carbocycles. The number of fused-ring (bicyclic) bond motifs is 1. The van der Waals surface area contributed by atoms with Gasteiger partial charge in [0.15, 0.2) is 0 Å². The second kappa shape index (κ2) is 4.65. The third kappa shape index (κ3) is 2.38. The largest absolute Gasteiger partial charge is 0.493 e. The first-order chi connectivity index (χ1) is 7.40. The summed E-state index contributed by atoms with van der Waals surface area (Å²) in [5, 5.41) is 8.44. The topological polar surface area (TPSA) is 33.0 Å². The maximum absolute atomic E-state index is 8.44. The normalized spacial score (nSPS) is 13.4. The minimum Gasteiger partial charge on any atom is -0.493 e. The average molecular weight is 199 g/mol. The predicted octanol–water partition coefficient (Wildman–Crippen LogP) is 3.25. The predicted molar refractivity (Wildman–Crippen MR) is 58.7 cm³/mol. The Labute approximate surface area is 89.8 Å². The van der Waals surface area contributed by atoms with Gasteiger partial charge in [0.25, 0.3) is 0 Å². The van der Waals surface area contributed by atoms with Crippen LogP contribution in [-0.4, -0.2) is 0 Å². The van der Waals surface area contributed by atoms with Crippen LogP contribution in [0.4, 0.5) is 0 Å². The van der Waals surface area contributed by atoms with Gasteiger partial charge in [-0.3, -0.25) is 0 Å². The molecule has 2 heteroatoms. The van der Waals surface area contributed by atoms with Crippen LogP contribution in [0.5, 0.6) is 0 Å². The summed E-state index contributed by atoms with van der Waals surface area (Å²) < 4.78 is 5.60. The van der Waals surface area contributed by atoms with Crippen molar-refractivity contribution >= 4 is 6.08 Å². The number of benzene rings is 1. The molecular formula is C13H13NO. The van der Waals surface area contributed by atoms with Crippen LogP contribution in [0, 0.1) is 11.3 Å². The van der Waals surface area contributed by atoms with Gasteiger partial charge < -0.3 is 4.74 Å². The lowest BCUT2D eigenvalue weighted by molar-refractivity contribution is 0.186. The second-order valence-electron chi connectivity index (χ2n) is 3.61. The summed E-state index contributed by atoms with van der Waals surface area (Å²) in [6.07, 6.45) is 4.42. The quantitative estimate of drug-likeness (QED) is 0.700. The van der Waals surface area contributed by atoms with E-state index in [1.807, 2.05) is 12.1 Å². The van der Waals surface area contributed by atoms with Crippen molar-refractivity contribution in [1.29, 1.82) is 5.26 Å². The van der Waals surface area contributed by atoms with Crippen molar-refractivity contribution in [3.05, 3.63) is 41.2 Å². The van der Waals surface area contributed by atoms with Gasteiger partial charge in [-0.05, 0) is 23.6 Å². The van der Waals surface area contributed by atoms with E-state index in [2.05, 4.69) is 24.3 Å². The molecule has 0 amide bonds. The number of ether oxygens (including phenoxy) is 1. The molecule has 0 N–H and O–H groups in total. The maximum atomic E-state index is 8.44. The van der Waals surface area contributed by atoms with E-state index in [4.69, 9.17) is 10.00 Å². The van der Waals surface area contributed by atoms with E-state index in [1.165, 1.54) is 11.1 Å². The van der Waals surface area contributed by atoms with Crippen molar-refractivity contribution in [2.75, 3.05) is 0 Å². The molecule has 0 saturated heterocycles. The number of nitriles is 1. The molecule has 0 aromatic heterocycles. The molecule has 0 spiro atoms. The van der Waals surface area contributed by atoms with Crippen molar-refractivity contribution < 1.29 is 4.74 Å². The molecule has 1 aliphatic heterocycles. The first-order valence-corrected chi connectivity index (χ1v) is 5.18. The third-order valence-corrected chi connectivity index (χ3v) is 2.50. The molecule has 0 unspecified atom stereocenters. The van der Waals surface area contributed by atoms with E-state index in [0.717, 1.165) is 18.6 Å². The Morgan fingerprint density at radius 3 is 3.07 bits per heavy atom. The highest BCUT2D eigenvalue weighted by Crippen LogP contribution is 2.24. The average Bonchev–Trinajstić information content (AvgIpc) is 2.29.